The summed E-state index contributed by atoms with van der Waals surface area (Å²) in [5.74, 6) is -1.78. The summed E-state index contributed by atoms with van der Waals surface area (Å²) in [5.41, 5.74) is 18.3. The molecule has 0 saturated carbocycles. The average Bonchev–Trinajstić information content (AvgIpc) is 2.97. The summed E-state index contributed by atoms with van der Waals surface area (Å²) in [4.78, 5) is 56.8. The molecule has 2 amide bonds. The second-order valence-corrected chi connectivity index (χ2v) is 10.4. The lowest BCUT2D eigenvalue weighted by Gasteiger charge is -2.35. The van der Waals surface area contributed by atoms with Gasteiger partial charge in [-0.25, -0.2) is 4.79 Å². The summed E-state index contributed by atoms with van der Waals surface area (Å²) in [7, 11) is 0. The number of hydrogen-bond donors (Lipinski definition) is 5. The number of ether oxygens (including phenoxy) is 1. The van der Waals surface area contributed by atoms with E-state index >= 15 is 0 Å². The van der Waals surface area contributed by atoms with Crippen molar-refractivity contribution in [3.8, 4) is 0 Å². The molecule has 0 aromatic heterocycles. The molecule has 0 bridgehead atoms. The fourth-order valence-electron chi connectivity index (χ4n) is 4.34. The molecule has 0 heterocycles. The molecule has 0 aliphatic heterocycles. The van der Waals surface area contributed by atoms with E-state index in [1.807, 2.05) is 19.9 Å². The number of guanidine groups is 1. The number of carbonyl (C=O) groups excluding carboxylic acids is 4. The van der Waals surface area contributed by atoms with Crippen molar-refractivity contribution in [1.29, 1.82) is 0 Å². The van der Waals surface area contributed by atoms with E-state index in [0.29, 0.717) is 11.8 Å². The minimum absolute atomic E-state index is 0.00645. The van der Waals surface area contributed by atoms with Crippen molar-refractivity contribution in [3.05, 3.63) is 71.8 Å². The lowest BCUT2D eigenvalue weighted by Crippen LogP contribution is -2.60. The molecular formula is C30H42N6O6. The van der Waals surface area contributed by atoms with Crippen LogP contribution in [0.25, 0.3) is 0 Å². The first-order valence-corrected chi connectivity index (χ1v) is 13.8. The molecule has 8 N–H and O–H groups in total. The number of benzene rings is 2. The molecule has 228 valence electrons. The van der Waals surface area contributed by atoms with E-state index in [-0.39, 0.29) is 50.7 Å². The molecule has 2 unspecified atom stereocenters. The third kappa shape index (κ3) is 11.3. The van der Waals surface area contributed by atoms with E-state index in [1.165, 1.54) is 0 Å². The fraction of sp³-hybridized carbons (Fsp3) is 0.433. The summed E-state index contributed by atoms with van der Waals surface area (Å²) >= 11 is 0. The number of nitrogens with two attached hydrogens (primary N) is 3. The van der Waals surface area contributed by atoms with Gasteiger partial charge in [0.25, 0.3) is 0 Å². The van der Waals surface area contributed by atoms with Crippen molar-refractivity contribution < 1.29 is 29.0 Å². The Morgan fingerprint density at radius 2 is 1.62 bits per heavy atom. The molecule has 0 aliphatic rings. The maximum absolute atomic E-state index is 13.8. The van der Waals surface area contributed by atoms with Gasteiger partial charge in [-0.3, -0.25) is 19.5 Å². The zero-order chi connectivity index (χ0) is 31.1. The Hall–Kier alpha value is -4.29. The van der Waals surface area contributed by atoms with Crippen LogP contribution in [0.5, 0.6) is 0 Å². The molecule has 2 rings (SSSR count). The predicted molar refractivity (Wildman–Crippen MR) is 159 cm³/mol. The minimum atomic E-state index is -2.09. The Labute approximate surface area is 246 Å². The second kappa shape index (κ2) is 17.5. The molecule has 0 radical (unpaired) electrons. The first-order chi connectivity index (χ1) is 20.0. The highest BCUT2D eigenvalue weighted by molar-refractivity contribution is 5.95. The number of amides is 2. The highest BCUT2D eigenvalue weighted by Gasteiger charge is 2.39. The number of rotatable bonds is 17. The first kappa shape index (κ1) is 33.9. The molecule has 2 aromatic carbocycles. The van der Waals surface area contributed by atoms with Crippen LogP contribution in [0.4, 0.5) is 4.79 Å². The average molecular weight is 583 g/mol. The van der Waals surface area contributed by atoms with Gasteiger partial charge in [0.05, 0.1) is 18.1 Å². The number of ketones is 1. The Morgan fingerprint density at radius 1 is 1.02 bits per heavy atom. The Kier molecular flexibility index (Phi) is 14.1. The van der Waals surface area contributed by atoms with Crippen LogP contribution in [0.3, 0.4) is 0 Å². The summed E-state index contributed by atoms with van der Waals surface area (Å²) < 4.78 is 5.30. The Balaban J connectivity index is 2.33. The molecule has 4 atom stereocenters. The number of alkyl carbamates (subject to hydrolysis) is 1. The zero-order valence-electron chi connectivity index (χ0n) is 24.1. The van der Waals surface area contributed by atoms with Gasteiger partial charge in [0, 0.05) is 13.0 Å². The van der Waals surface area contributed by atoms with Crippen molar-refractivity contribution in [2.24, 2.45) is 28.1 Å². The molecule has 0 fully saturated rings. The smallest absolute Gasteiger partial charge is 0.408 e. The molecule has 2 aromatic rings. The van der Waals surface area contributed by atoms with Gasteiger partial charge in [0.15, 0.2) is 12.2 Å². The Morgan fingerprint density at radius 3 is 2.17 bits per heavy atom. The van der Waals surface area contributed by atoms with Crippen LogP contribution >= 0.6 is 0 Å². The van der Waals surface area contributed by atoms with Crippen LogP contribution in [0.15, 0.2) is 65.7 Å². The van der Waals surface area contributed by atoms with E-state index in [4.69, 9.17) is 21.9 Å². The van der Waals surface area contributed by atoms with E-state index in [2.05, 4.69) is 10.3 Å². The van der Waals surface area contributed by atoms with Crippen LogP contribution in [-0.2, 0) is 32.1 Å². The monoisotopic (exact) mass is 582 g/mol. The van der Waals surface area contributed by atoms with Crippen molar-refractivity contribution in [1.82, 2.24) is 10.2 Å². The van der Waals surface area contributed by atoms with Crippen LogP contribution in [0.2, 0.25) is 0 Å². The standard InChI is InChI=1S/C30H42N6O6/c1-20(2)16-24(31)27(39)36(23(18-37)14-9-15-34-29(32)33)28(40)26(38)25(17-21-10-5-3-6-11-21)35-30(41)42-19-22-12-7-4-8-13-22/h3-8,10-13,18,20,23-25,28,40H,9,14-17,19,31H2,1-2H3,(H,35,41)(H4,32,33,34)/t23?,24-,25+,28?/m0/s1. The molecule has 0 spiro atoms. The lowest BCUT2D eigenvalue weighted by atomic mass is 9.98. The third-order valence-corrected chi connectivity index (χ3v) is 6.41. The highest BCUT2D eigenvalue weighted by Crippen LogP contribution is 2.17. The zero-order valence-corrected chi connectivity index (χ0v) is 24.1. The van der Waals surface area contributed by atoms with E-state index in [0.717, 1.165) is 10.5 Å². The number of nitrogens with one attached hydrogen (secondary N) is 1. The van der Waals surface area contributed by atoms with Crippen molar-refractivity contribution in [2.75, 3.05) is 6.54 Å². The largest absolute Gasteiger partial charge is 0.445 e. The molecule has 0 aliphatic carbocycles. The van der Waals surface area contributed by atoms with Crippen LogP contribution in [-0.4, -0.2) is 70.9 Å². The second-order valence-electron chi connectivity index (χ2n) is 10.4. The molecule has 42 heavy (non-hydrogen) atoms. The van der Waals surface area contributed by atoms with Crippen LogP contribution in [0.1, 0.15) is 44.2 Å². The lowest BCUT2D eigenvalue weighted by molar-refractivity contribution is -0.159. The molecule has 12 nitrogen and oxygen atoms in total. The number of carbonyl (C=O) groups is 4. The van der Waals surface area contributed by atoms with Gasteiger partial charge in [-0.15, -0.1) is 0 Å². The number of nitrogens with zero attached hydrogens (tertiary/aromatic N) is 2. The van der Waals surface area contributed by atoms with Gasteiger partial charge in [-0.2, -0.15) is 0 Å². The van der Waals surface area contributed by atoms with Gasteiger partial charge in [0.2, 0.25) is 11.7 Å². The highest BCUT2D eigenvalue weighted by atomic mass is 16.5. The summed E-state index contributed by atoms with van der Waals surface area (Å²) in [6.45, 7) is 3.86. The van der Waals surface area contributed by atoms with Gasteiger partial charge in [-0.1, -0.05) is 74.5 Å². The number of aliphatic imine (C=N–C) groups is 1. The third-order valence-electron chi connectivity index (χ3n) is 6.41. The van der Waals surface area contributed by atoms with E-state index in [9.17, 15) is 24.3 Å². The van der Waals surface area contributed by atoms with Gasteiger partial charge in [0.1, 0.15) is 12.9 Å². The maximum atomic E-state index is 13.8. The topological polar surface area (TPSA) is 203 Å². The van der Waals surface area contributed by atoms with E-state index in [1.54, 1.807) is 54.6 Å². The number of hydrogen-bond acceptors (Lipinski definition) is 8. The van der Waals surface area contributed by atoms with Crippen molar-refractivity contribution >= 4 is 30.0 Å². The van der Waals surface area contributed by atoms with Crippen molar-refractivity contribution in [3.63, 3.8) is 0 Å². The number of aliphatic hydroxyl groups is 1. The number of aldehydes is 1. The maximum Gasteiger partial charge on any atom is 0.408 e. The van der Waals surface area contributed by atoms with Crippen molar-refractivity contribution in [2.45, 2.75) is 70.5 Å². The number of Topliss-reactive ketones (excluding diaryl/α,β-unsaturated/α-hetero) is 1. The number of aliphatic hydroxyl groups excluding tert-OH is 1. The summed E-state index contributed by atoms with van der Waals surface area (Å²) in [5, 5.41) is 13.8. The molecule has 12 heteroatoms. The molecular weight excluding hydrogens is 540 g/mol. The van der Waals surface area contributed by atoms with E-state index < -0.39 is 42.1 Å². The van der Waals surface area contributed by atoms with Gasteiger partial charge in [-0.05, 0) is 36.3 Å². The quantitative estimate of drug-likeness (QED) is 0.0597. The SMILES string of the molecule is CC(C)C[C@H](N)C(=O)N(C(C=O)CCCN=C(N)N)C(O)C(=O)[C@@H](Cc1ccccc1)NC(=O)OCc1ccccc1. The minimum Gasteiger partial charge on any atom is -0.445 e. The molecule has 0 saturated heterocycles. The Bertz CT molecular complexity index is 1170. The van der Waals surface area contributed by atoms with Gasteiger partial charge >= 0.3 is 6.09 Å². The van der Waals surface area contributed by atoms with Gasteiger partial charge < -0.3 is 37.2 Å². The fourth-order valence-corrected chi connectivity index (χ4v) is 4.34. The normalized spacial score (nSPS) is 13.7. The first-order valence-electron chi connectivity index (χ1n) is 13.8. The summed E-state index contributed by atoms with van der Waals surface area (Å²) in [6.07, 6.45) is -1.92. The van der Waals surface area contributed by atoms with Crippen LogP contribution < -0.4 is 22.5 Å². The predicted octanol–water partition coefficient (Wildman–Crippen LogP) is 1.23. The summed E-state index contributed by atoms with van der Waals surface area (Å²) in [6, 6.07) is 14.2. The van der Waals surface area contributed by atoms with Crippen LogP contribution in [0, 0.1) is 5.92 Å².